The SMILES string of the molecule is CCCNC(CN(CC)c1ccccc1)C1CCCC1. The van der Waals surface area contributed by atoms with Gasteiger partial charge >= 0.3 is 0 Å². The van der Waals surface area contributed by atoms with Crippen LogP contribution in [0.3, 0.4) is 0 Å². The first kappa shape index (κ1) is 15.4. The molecule has 0 bridgehead atoms. The summed E-state index contributed by atoms with van der Waals surface area (Å²) in [7, 11) is 0. The lowest BCUT2D eigenvalue weighted by Gasteiger charge is -2.32. The van der Waals surface area contributed by atoms with Crippen LogP contribution in [-0.2, 0) is 0 Å². The smallest absolute Gasteiger partial charge is 0.0366 e. The molecule has 20 heavy (non-hydrogen) atoms. The number of rotatable bonds is 8. The maximum atomic E-state index is 3.80. The van der Waals surface area contributed by atoms with Gasteiger partial charge in [-0.25, -0.2) is 0 Å². The van der Waals surface area contributed by atoms with Gasteiger partial charge in [-0.15, -0.1) is 0 Å². The third kappa shape index (κ3) is 4.24. The monoisotopic (exact) mass is 274 g/mol. The summed E-state index contributed by atoms with van der Waals surface area (Å²) in [4.78, 5) is 2.52. The fourth-order valence-electron chi connectivity index (χ4n) is 3.36. The third-order valence-corrected chi connectivity index (χ3v) is 4.55. The van der Waals surface area contributed by atoms with E-state index in [1.807, 2.05) is 0 Å². The van der Waals surface area contributed by atoms with Crippen molar-refractivity contribution in [3.05, 3.63) is 30.3 Å². The van der Waals surface area contributed by atoms with Crippen LogP contribution in [0.15, 0.2) is 30.3 Å². The Bertz CT molecular complexity index is 357. The van der Waals surface area contributed by atoms with Crippen molar-refractivity contribution in [2.75, 3.05) is 24.5 Å². The number of nitrogens with zero attached hydrogens (tertiary/aromatic N) is 1. The Balaban J connectivity index is 2.00. The Morgan fingerprint density at radius 3 is 2.45 bits per heavy atom. The van der Waals surface area contributed by atoms with Crippen molar-refractivity contribution in [3.8, 4) is 0 Å². The summed E-state index contributed by atoms with van der Waals surface area (Å²) in [6.07, 6.45) is 6.89. The van der Waals surface area contributed by atoms with E-state index in [4.69, 9.17) is 0 Å². The summed E-state index contributed by atoms with van der Waals surface area (Å²) in [5.74, 6) is 0.874. The average Bonchev–Trinajstić information content (AvgIpc) is 3.03. The standard InChI is InChI=1S/C18H30N2/c1-3-14-19-18(16-10-8-9-11-16)15-20(4-2)17-12-6-5-7-13-17/h5-7,12-13,16,18-19H,3-4,8-11,14-15H2,1-2H3. The molecule has 0 heterocycles. The summed E-state index contributed by atoms with van der Waals surface area (Å²) < 4.78 is 0. The molecule has 1 aliphatic carbocycles. The van der Waals surface area contributed by atoms with E-state index in [-0.39, 0.29) is 0 Å². The summed E-state index contributed by atoms with van der Waals surface area (Å²) in [6, 6.07) is 11.5. The van der Waals surface area contributed by atoms with Crippen molar-refractivity contribution in [2.45, 2.75) is 52.0 Å². The molecule has 1 atom stereocenters. The van der Waals surface area contributed by atoms with Crippen molar-refractivity contribution in [2.24, 2.45) is 5.92 Å². The summed E-state index contributed by atoms with van der Waals surface area (Å²) >= 11 is 0. The third-order valence-electron chi connectivity index (χ3n) is 4.55. The van der Waals surface area contributed by atoms with Gasteiger partial charge in [0.2, 0.25) is 0 Å². The number of nitrogens with one attached hydrogen (secondary N) is 1. The van der Waals surface area contributed by atoms with Gasteiger partial charge in [0.1, 0.15) is 0 Å². The van der Waals surface area contributed by atoms with E-state index in [0.717, 1.165) is 25.6 Å². The van der Waals surface area contributed by atoms with E-state index in [1.54, 1.807) is 0 Å². The molecule has 2 rings (SSSR count). The molecule has 1 aliphatic rings. The average molecular weight is 274 g/mol. The van der Waals surface area contributed by atoms with Crippen LogP contribution in [0.1, 0.15) is 46.0 Å². The van der Waals surface area contributed by atoms with Gasteiger partial charge in [-0.3, -0.25) is 0 Å². The van der Waals surface area contributed by atoms with E-state index >= 15 is 0 Å². The zero-order valence-corrected chi connectivity index (χ0v) is 13.1. The molecule has 112 valence electrons. The number of anilines is 1. The van der Waals surface area contributed by atoms with E-state index in [2.05, 4.69) is 54.4 Å². The molecular formula is C18H30N2. The van der Waals surface area contributed by atoms with Crippen molar-refractivity contribution >= 4 is 5.69 Å². The molecule has 0 aromatic heterocycles. The van der Waals surface area contributed by atoms with Crippen molar-refractivity contribution in [3.63, 3.8) is 0 Å². The molecule has 1 saturated carbocycles. The number of likely N-dealkylation sites (N-methyl/N-ethyl adjacent to an activating group) is 1. The van der Waals surface area contributed by atoms with Gasteiger partial charge in [0.25, 0.3) is 0 Å². The van der Waals surface area contributed by atoms with Crippen LogP contribution in [0.4, 0.5) is 5.69 Å². The van der Waals surface area contributed by atoms with Gasteiger partial charge < -0.3 is 10.2 Å². The Labute approximate surface area is 124 Å². The van der Waals surface area contributed by atoms with Gasteiger partial charge in [0, 0.05) is 24.8 Å². The molecular weight excluding hydrogens is 244 g/mol. The second-order valence-corrected chi connectivity index (χ2v) is 5.98. The lowest BCUT2D eigenvalue weighted by molar-refractivity contribution is 0.359. The molecule has 2 heteroatoms. The van der Waals surface area contributed by atoms with Crippen LogP contribution >= 0.6 is 0 Å². The van der Waals surface area contributed by atoms with Crippen LogP contribution in [0.25, 0.3) is 0 Å². The van der Waals surface area contributed by atoms with Gasteiger partial charge in [-0.1, -0.05) is 38.0 Å². The van der Waals surface area contributed by atoms with E-state index in [0.29, 0.717) is 6.04 Å². The fraction of sp³-hybridized carbons (Fsp3) is 0.667. The van der Waals surface area contributed by atoms with Crippen LogP contribution in [0, 0.1) is 5.92 Å². The van der Waals surface area contributed by atoms with Crippen molar-refractivity contribution in [1.29, 1.82) is 0 Å². The van der Waals surface area contributed by atoms with Crippen molar-refractivity contribution in [1.82, 2.24) is 5.32 Å². The molecule has 1 unspecified atom stereocenters. The molecule has 1 fully saturated rings. The summed E-state index contributed by atoms with van der Waals surface area (Å²) in [5, 5.41) is 3.80. The Hall–Kier alpha value is -1.02. The molecule has 0 saturated heterocycles. The maximum absolute atomic E-state index is 3.80. The van der Waals surface area contributed by atoms with Crippen LogP contribution in [0.5, 0.6) is 0 Å². The van der Waals surface area contributed by atoms with Gasteiger partial charge in [0.05, 0.1) is 0 Å². The molecule has 1 aromatic carbocycles. The molecule has 2 nitrogen and oxygen atoms in total. The number of hydrogen-bond donors (Lipinski definition) is 1. The van der Waals surface area contributed by atoms with E-state index in [9.17, 15) is 0 Å². The van der Waals surface area contributed by atoms with Crippen LogP contribution in [0.2, 0.25) is 0 Å². The van der Waals surface area contributed by atoms with E-state index in [1.165, 1.54) is 37.8 Å². The minimum atomic E-state index is 0.651. The zero-order valence-electron chi connectivity index (χ0n) is 13.1. The molecule has 0 aliphatic heterocycles. The predicted molar refractivity (Wildman–Crippen MR) is 88.4 cm³/mol. The fourth-order valence-corrected chi connectivity index (χ4v) is 3.36. The highest BCUT2D eigenvalue weighted by atomic mass is 15.2. The topological polar surface area (TPSA) is 15.3 Å². The van der Waals surface area contributed by atoms with Crippen molar-refractivity contribution < 1.29 is 0 Å². The van der Waals surface area contributed by atoms with E-state index < -0.39 is 0 Å². The largest absolute Gasteiger partial charge is 0.370 e. The highest BCUT2D eigenvalue weighted by molar-refractivity contribution is 5.46. The minimum Gasteiger partial charge on any atom is -0.370 e. The van der Waals surface area contributed by atoms with Gasteiger partial charge in [-0.05, 0) is 50.8 Å². The Morgan fingerprint density at radius 2 is 1.85 bits per heavy atom. The minimum absolute atomic E-state index is 0.651. The highest BCUT2D eigenvalue weighted by Gasteiger charge is 2.26. The summed E-state index contributed by atoms with van der Waals surface area (Å²) in [5.41, 5.74) is 1.36. The van der Waals surface area contributed by atoms with Crippen LogP contribution < -0.4 is 10.2 Å². The van der Waals surface area contributed by atoms with Gasteiger partial charge in [-0.2, -0.15) is 0 Å². The number of hydrogen-bond acceptors (Lipinski definition) is 2. The lowest BCUT2D eigenvalue weighted by atomic mass is 9.97. The van der Waals surface area contributed by atoms with Gasteiger partial charge in [0.15, 0.2) is 0 Å². The number of benzene rings is 1. The number of para-hydroxylation sites is 1. The molecule has 0 radical (unpaired) electrons. The zero-order chi connectivity index (χ0) is 14.2. The molecule has 0 spiro atoms. The summed E-state index contributed by atoms with van der Waals surface area (Å²) in [6.45, 7) is 7.89. The first-order valence-corrected chi connectivity index (χ1v) is 8.38. The first-order chi connectivity index (χ1) is 9.85. The second-order valence-electron chi connectivity index (χ2n) is 5.98. The predicted octanol–water partition coefficient (Wildman–Crippen LogP) is 4.07. The lowest BCUT2D eigenvalue weighted by Crippen LogP contribution is -2.45. The second kappa shape index (κ2) is 8.31. The first-order valence-electron chi connectivity index (χ1n) is 8.38. The molecule has 1 aromatic rings. The molecule has 0 amide bonds. The van der Waals surface area contributed by atoms with Crippen LogP contribution in [-0.4, -0.2) is 25.7 Å². The quantitative estimate of drug-likeness (QED) is 0.768. The Morgan fingerprint density at radius 1 is 1.15 bits per heavy atom. The Kier molecular flexibility index (Phi) is 6.38. The molecule has 1 N–H and O–H groups in total. The normalized spacial score (nSPS) is 17.3. The maximum Gasteiger partial charge on any atom is 0.0366 e. The highest BCUT2D eigenvalue weighted by Crippen LogP contribution is 2.29.